The molecule has 0 radical (unpaired) electrons. The van der Waals surface area contributed by atoms with Gasteiger partial charge in [-0.05, 0) is 44.4 Å². The van der Waals surface area contributed by atoms with E-state index in [1.807, 2.05) is 25.2 Å². The topological polar surface area (TPSA) is 65.1 Å². The highest BCUT2D eigenvalue weighted by Crippen LogP contribution is 2.11. The van der Waals surface area contributed by atoms with Gasteiger partial charge < -0.3 is 15.6 Å². The molecule has 2 aromatic carbocycles. The summed E-state index contributed by atoms with van der Waals surface area (Å²) in [7, 11) is 1.81. The Morgan fingerprint density at radius 2 is 1.71 bits per heavy atom. The molecule has 3 aromatic rings. The monoisotopic (exact) mass is 491 g/mol. The van der Waals surface area contributed by atoms with Crippen molar-refractivity contribution in [2.75, 3.05) is 20.1 Å². The van der Waals surface area contributed by atoms with Gasteiger partial charge in [-0.2, -0.15) is 0 Å². The molecular formula is C22H30IN5. The lowest BCUT2D eigenvalue weighted by Crippen LogP contribution is -2.38. The number of imidazole rings is 1. The minimum absolute atomic E-state index is 0. The minimum Gasteiger partial charge on any atom is -0.356 e. The second-order valence-electron chi connectivity index (χ2n) is 6.98. The summed E-state index contributed by atoms with van der Waals surface area (Å²) in [5.74, 6) is 1.89. The van der Waals surface area contributed by atoms with Crippen LogP contribution in [0.15, 0.2) is 47.5 Å². The molecule has 0 amide bonds. The summed E-state index contributed by atoms with van der Waals surface area (Å²) in [5, 5.41) is 6.77. The summed E-state index contributed by atoms with van der Waals surface area (Å²) in [4.78, 5) is 12.3. The van der Waals surface area contributed by atoms with Crippen molar-refractivity contribution < 1.29 is 0 Å². The van der Waals surface area contributed by atoms with Gasteiger partial charge in [0, 0.05) is 26.6 Å². The van der Waals surface area contributed by atoms with E-state index in [2.05, 4.69) is 63.7 Å². The van der Waals surface area contributed by atoms with Gasteiger partial charge in [-0.15, -0.1) is 24.0 Å². The third kappa shape index (κ3) is 6.51. The highest BCUT2D eigenvalue weighted by Gasteiger charge is 2.03. The molecule has 150 valence electrons. The number of aromatic nitrogens is 2. The van der Waals surface area contributed by atoms with Crippen molar-refractivity contribution in [3.63, 3.8) is 0 Å². The Kier molecular flexibility index (Phi) is 8.76. The number of aliphatic imine (C=N–C) groups is 1. The van der Waals surface area contributed by atoms with Crippen LogP contribution in [0.25, 0.3) is 11.0 Å². The van der Waals surface area contributed by atoms with E-state index in [1.54, 1.807) is 0 Å². The first-order valence-corrected chi connectivity index (χ1v) is 9.59. The number of fused-ring (bicyclic) bond motifs is 1. The van der Waals surface area contributed by atoms with Crippen LogP contribution in [0, 0.1) is 13.8 Å². The largest absolute Gasteiger partial charge is 0.356 e. The molecule has 0 bridgehead atoms. The van der Waals surface area contributed by atoms with Crippen LogP contribution in [0.5, 0.6) is 0 Å². The smallest absolute Gasteiger partial charge is 0.190 e. The molecule has 28 heavy (non-hydrogen) atoms. The van der Waals surface area contributed by atoms with Crippen LogP contribution < -0.4 is 10.6 Å². The van der Waals surface area contributed by atoms with E-state index in [4.69, 9.17) is 0 Å². The van der Waals surface area contributed by atoms with E-state index in [0.29, 0.717) is 0 Å². The average molecular weight is 491 g/mol. The molecular weight excluding hydrogens is 461 g/mol. The van der Waals surface area contributed by atoms with Crippen molar-refractivity contribution in [3.05, 3.63) is 65.0 Å². The summed E-state index contributed by atoms with van der Waals surface area (Å²) in [6, 6.07) is 14.8. The predicted molar refractivity (Wildman–Crippen MR) is 129 cm³/mol. The van der Waals surface area contributed by atoms with E-state index in [-0.39, 0.29) is 24.0 Å². The molecule has 0 spiro atoms. The van der Waals surface area contributed by atoms with Crippen molar-refractivity contribution in [3.8, 4) is 0 Å². The second-order valence-corrected chi connectivity index (χ2v) is 6.98. The number of aryl methyl sites for hydroxylation is 3. The predicted octanol–water partition coefficient (Wildman–Crippen LogP) is 4.14. The lowest BCUT2D eigenvalue weighted by Gasteiger charge is -2.12. The first-order valence-electron chi connectivity index (χ1n) is 9.59. The van der Waals surface area contributed by atoms with Crippen molar-refractivity contribution in [2.24, 2.45) is 4.99 Å². The lowest BCUT2D eigenvalue weighted by molar-refractivity contribution is 0.724. The van der Waals surface area contributed by atoms with Crippen LogP contribution in [0.1, 0.15) is 28.9 Å². The molecule has 5 nitrogen and oxygen atoms in total. The average Bonchev–Trinajstić information content (AvgIpc) is 3.05. The second kappa shape index (κ2) is 11.0. The third-order valence-corrected chi connectivity index (χ3v) is 4.53. The van der Waals surface area contributed by atoms with Crippen molar-refractivity contribution in [2.45, 2.75) is 33.1 Å². The van der Waals surface area contributed by atoms with Crippen LogP contribution in [0.3, 0.4) is 0 Å². The van der Waals surface area contributed by atoms with Gasteiger partial charge in [0.15, 0.2) is 5.96 Å². The lowest BCUT2D eigenvalue weighted by atomic mass is 10.1. The third-order valence-electron chi connectivity index (χ3n) is 4.53. The SMILES string of the molecule is CN=C(NCCCc1nc2ccccc2[nH]1)NCCc1cc(C)cc(C)c1.I. The number of nitrogens with one attached hydrogen (secondary N) is 3. The number of H-pyrrole nitrogens is 1. The van der Waals surface area contributed by atoms with Gasteiger partial charge in [-0.1, -0.05) is 41.5 Å². The number of aromatic amines is 1. The zero-order chi connectivity index (χ0) is 19.1. The van der Waals surface area contributed by atoms with Gasteiger partial charge in [0.1, 0.15) is 5.82 Å². The number of halogens is 1. The number of nitrogens with zero attached hydrogens (tertiary/aromatic N) is 2. The van der Waals surface area contributed by atoms with Crippen LogP contribution in [0.4, 0.5) is 0 Å². The highest BCUT2D eigenvalue weighted by atomic mass is 127. The fourth-order valence-electron chi connectivity index (χ4n) is 3.35. The molecule has 0 saturated carbocycles. The van der Waals surface area contributed by atoms with Crippen LogP contribution >= 0.6 is 24.0 Å². The number of hydrogen-bond donors (Lipinski definition) is 3. The number of rotatable bonds is 7. The fraction of sp³-hybridized carbons (Fsp3) is 0.364. The minimum atomic E-state index is 0. The molecule has 0 saturated heterocycles. The van der Waals surface area contributed by atoms with Crippen LogP contribution in [0.2, 0.25) is 0 Å². The van der Waals surface area contributed by atoms with Crippen molar-refractivity contribution in [1.82, 2.24) is 20.6 Å². The quantitative estimate of drug-likeness (QED) is 0.202. The first kappa shape index (κ1) is 22.2. The van der Waals surface area contributed by atoms with E-state index in [1.165, 1.54) is 16.7 Å². The molecule has 0 aliphatic rings. The molecule has 3 rings (SSSR count). The summed E-state index contributed by atoms with van der Waals surface area (Å²) >= 11 is 0. The Balaban J connectivity index is 0.00000280. The van der Waals surface area contributed by atoms with E-state index >= 15 is 0 Å². The van der Waals surface area contributed by atoms with Crippen molar-refractivity contribution >= 4 is 41.0 Å². The van der Waals surface area contributed by atoms with E-state index in [0.717, 1.165) is 55.2 Å². The molecule has 0 aliphatic carbocycles. The number of guanidine groups is 1. The summed E-state index contributed by atoms with van der Waals surface area (Å²) < 4.78 is 0. The molecule has 0 fully saturated rings. The Bertz CT molecular complexity index is 863. The Morgan fingerprint density at radius 1 is 1.00 bits per heavy atom. The van der Waals surface area contributed by atoms with Gasteiger partial charge in [-0.25, -0.2) is 4.98 Å². The van der Waals surface area contributed by atoms with E-state index in [9.17, 15) is 0 Å². The normalized spacial score (nSPS) is 11.3. The van der Waals surface area contributed by atoms with Crippen LogP contribution in [-0.4, -0.2) is 36.1 Å². The fourth-order valence-corrected chi connectivity index (χ4v) is 3.35. The van der Waals surface area contributed by atoms with Gasteiger partial charge in [-0.3, -0.25) is 4.99 Å². The summed E-state index contributed by atoms with van der Waals surface area (Å²) in [5.41, 5.74) is 6.13. The molecule has 0 aliphatic heterocycles. The van der Waals surface area contributed by atoms with E-state index < -0.39 is 0 Å². The summed E-state index contributed by atoms with van der Waals surface area (Å²) in [6.45, 7) is 6.02. The Hall–Kier alpha value is -2.09. The Morgan fingerprint density at radius 3 is 2.43 bits per heavy atom. The number of hydrogen-bond acceptors (Lipinski definition) is 2. The zero-order valence-corrected chi connectivity index (χ0v) is 19.2. The molecule has 0 atom stereocenters. The molecule has 3 N–H and O–H groups in total. The standard InChI is InChI=1S/C22H29N5.HI/c1-16-13-17(2)15-18(14-16)10-12-25-22(23-3)24-11-6-9-21-26-19-7-4-5-8-20(19)27-21;/h4-5,7-8,13-15H,6,9-12H2,1-3H3,(H,26,27)(H2,23,24,25);1H. The number of para-hydroxylation sites is 2. The molecule has 0 unspecified atom stereocenters. The Labute approximate surface area is 184 Å². The number of benzene rings is 2. The molecule has 6 heteroatoms. The molecule has 1 aromatic heterocycles. The van der Waals surface area contributed by atoms with Gasteiger partial charge in [0.25, 0.3) is 0 Å². The highest BCUT2D eigenvalue weighted by molar-refractivity contribution is 14.0. The maximum absolute atomic E-state index is 4.62. The molecule has 1 heterocycles. The van der Waals surface area contributed by atoms with Crippen molar-refractivity contribution in [1.29, 1.82) is 0 Å². The van der Waals surface area contributed by atoms with Gasteiger partial charge >= 0.3 is 0 Å². The van der Waals surface area contributed by atoms with Gasteiger partial charge in [0.2, 0.25) is 0 Å². The van der Waals surface area contributed by atoms with Gasteiger partial charge in [0.05, 0.1) is 11.0 Å². The maximum atomic E-state index is 4.62. The maximum Gasteiger partial charge on any atom is 0.190 e. The van der Waals surface area contributed by atoms with Crippen LogP contribution in [-0.2, 0) is 12.8 Å². The summed E-state index contributed by atoms with van der Waals surface area (Å²) in [6.07, 6.45) is 2.90. The first-order chi connectivity index (χ1) is 13.1. The zero-order valence-electron chi connectivity index (χ0n) is 16.9.